The molecule has 11 heteroatoms. The molecule has 150 valence electrons. The minimum atomic E-state index is -3.56. The highest BCUT2D eigenvalue weighted by Crippen LogP contribution is 2.16. The van der Waals surface area contributed by atoms with Crippen LogP contribution in [0.25, 0.3) is 0 Å². The Kier molecular flexibility index (Phi) is 10.1. The number of halogens is 2. The number of sulfonamides is 1. The van der Waals surface area contributed by atoms with Crippen LogP contribution in [-0.2, 0) is 19.5 Å². The van der Waals surface area contributed by atoms with E-state index in [4.69, 9.17) is 9.47 Å². The van der Waals surface area contributed by atoms with Gasteiger partial charge in [0.25, 0.3) is 0 Å². The fraction of sp³-hybridized carbons (Fsp3) is 0.667. The summed E-state index contributed by atoms with van der Waals surface area (Å²) < 4.78 is 38.2. The van der Waals surface area contributed by atoms with Gasteiger partial charge < -0.3 is 19.7 Å². The predicted octanol–water partition coefficient (Wildman–Crippen LogP) is 0.276. The van der Waals surface area contributed by atoms with Crippen LogP contribution in [0.3, 0.4) is 0 Å². The van der Waals surface area contributed by atoms with E-state index in [1.807, 2.05) is 0 Å². The SMILES string of the molecule is Cl.Cl.O=S(=O)(NCC1CNCCOC1)c1ccc(N2CCOCC2)nc1. The number of aromatic nitrogens is 1. The molecule has 0 bridgehead atoms. The van der Waals surface area contributed by atoms with Gasteiger partial charge in [-0.3, -0.25) is 0 Å². The lowest BCUT2D eigenvalue weighted by Crippen LogP contribution is -2.37. The second-order valence-electron chi connectivity index (χ2n) is 5.95. The van der Waals surface area contributed by atoms with Crippen molar-refractivity contribution in [3.8, 4) is 0 Å². The fourth-order valence-corrected chi connectivity index (χ4v) is 3.77. The minimum Gasteiger partial charge on any atom is -0.380 e. The van der Waals surface area contributed by atoms with Crippen molar-refractivity contribution in [2.75, 3.05) is 64.1 Å². The van der Waals surface area contributed by atoms with E-state index in [2.05, 4.69) is 19.9 Å². The lowest BCUT2D eigenvalue weighted by atomic mass is 10.2. The van der Waals surface area contributed by atoms with Crippen LogP contribution >= 0.6 is 24.8 Å². The molecule has 8 nitrogen and oxygen atoms in total. The molecular formula is C15H26Cl2N4O4S. The van der Waals surface area contributed by atoms with Crippen molar-refractivity contribution >= 4 is 40.7 Å². The van der Waals surface area contributed by atoms with Gasteiger partial charge in [-0.1, -0.05) is 0 Å². The van der Waals surface area contributed by atoms with Crippen molar-refractivity contribution in [1.82, 2.24) is 15.0 Å². The standard InChI is InChI=1S/C15H24N4O4S.2ClH/c20-24(21,18-10-13-9-16-3-6-23-12-13)14-1-2-15(17-11-14)19-4-7-22-8-5-19;;/h1-2,11,13,16,18H,3-10,12H2;2*1H. The summed E-state index contributed by atoms with van der Waals surface area (Å²) in [5.74, 6) is 0.904. The lowest BCUT2D eigenvalue weighted by Gasteiger charge is -2.27. The smallest absolute Gasteiger partial charge is 0.242 e. The first-order valence-corrected chi connectivity index (χ1v) is 9.70. The summed E-state index contributed by atoms with van der Waals surface area (Å²) in [7, 11) is -3.56. The van der Waals surface area contributed by atoms with Crippen molar-refractivity contribution in [3.63, 3.8) is 0 Å². The Bertz CT molecular complexity index is 619. The maximum atomic E-state index is 12.4. The largest absolute Gasteiger partial charge is 0.380 e. The van der Waals surface area contributed by atoms with Crippen LogP contribution in [0.15, 0.2) is 23.2 Å². The highest BCUT2D eigenvalue weighted by molar-refractivity contribution is 7.89. The van der Waals surface area contributed by atoms with Gasteiger partial charge in [0.15, 0.2) is 0 Å². The Morgan fingerprint density at radius 1 is 1.19 bits per heavy atom. The first-order valence-electron chi connectivity index (χ1n) is 8.22. The molecule has 3 heterocycles. The molecule has 1 aromatic heterocycles. The second-order valence-corrected chi connectivity index (χ2v) is 7.72. The van der Waals surface area contributed by atoms with E-state index in [0.717, 1.165) is 32.0 Å². The van der Waals surface area contributed by atoms with Crippen molar-refractivity contribution in [3.05, 3.63) is 18.3 Å². The van der Waals surface area contributed by atoms with E-state index in [-0.39, 0.29) is 35.6 Å². The van der Waals surface area contributed by atoms with Gasteiger partial charge in [-0.15, -0.1) is 24.8 Å². The summed E-state index contributed by atoms with van der Waals surface area (Å²) in [6.45, 7) is 5.99. The third-order valence-electron chi connectivity index (χ3n) is 4.14. The zero-order valence-electron chi connectivity index (χ0n) is 14.4. The maximum absolute atomic E-state index is 12.4. The predicted molar refractivity (Wildman–Crippen MR) is 104 cm³/mol. The van der Waals surface area contributed by atoms with Gasteiger partial charge in [0.2, 0.25) is 10.0 Å². The molecular weight excluding hydrogens is 403 g/mol. The molecule has 0 radical (unpaired) electrons. The first kappa shape index (κ1) is 23.4. The molecule has 1 unspecified atom stereocenters. The van der Waals surface area contributed by atoms with Crippen LogP contribution in [-0.4, -0.2) is 72.6 Å². The molecule has 0 spiro atoms. The number of rotatable bonds is 5. The van der Waals surface area contributed by atoms with E-state index in [1.165, 1.54) is 6.20 Å². The summed E-state index contributed by atoms with van der Waals surface area (Å²) in [6.07, 6.45) is 1.41. The number of anilines is 1. The quantitative estimate of drug-likeness (QED) is 0.695. The molecule has 0 amide bonds. The molecule has 2 fully saturated rings. The molecule has 2 saturated heterocycles. The molecule has 1 aromatic rings. The van der Waals surface area contributed by atoms with Crippen molar-refractivity contribution in [2.24, 2.45) is 5.92 Å². The van der Waals surface area contributed by atoms with Gasteiger partial charge in [-0.25, -0.2) is 18.1 Å². The van der Waals surface area contributed by atoms with Crippen LogP contribution in [0.5, 0.6) is 0 Å². The third-order valence-corrected chi connectivity index (χ3v) is 5.55. The van der Waals surface area contributed by atoms with Crippen LogP contribution < -0.4 is 14.9 Å². The van der Waals surface area contributed by atoms with Gasteiger partial charge in [0, 0.05) is 44.8 Å². The van der Waals surface area contributed by atoms with Gasteiger partial charge in [0.1, 0.15) is 10.7 Å². The van der Waals surface area contributed by atoms with E-state index in [0.29, 0.717) is 33.0 Å². The molecule has 26 heavy (non-hydrogen) atoms. The van der Waals surface area contributed by atoms with E-state index < -0.39 is 10.0 Å². The van der Waals surface area contributed by atoms with Crippen molar-refractivity contribution < 1.29 is 17.9 Å². The normalized spacial score (nSPS) is 21.2. The van der Waals surface area contributed by atoms with E-state index in [1.54, 1.807) is 12.1 Å². The topological polar surface area (TPSA) is 92.8 Å². The summed E-state index contributed by atoms with van der Waals surface area (Å²) in [4.78, 5) is 6.56. The Balaban J connectivity index is 0.00000169. The van der Waals surface area contributed by atoms with E-state index >= 15 is 0 Å². The number of ether oxygens (including phenoxy) is 2. The summed E-state index contributed by atoms with van der Waals surface area (Å²) >= 11 is 0. The molecule has 0 aromatic carbocycles. The van der Waals surface area contributed by atoms with Gasteiger partial charge in [-0.05, 0) is 12.1 Å². The molecule has 3 rings (SSSR count). The number of nitrogens with zero attached hydrogens (tertiary/aromatic N) is 2. The number of hydrogen-bond donors (Lipinski definition) is 2. The average Bonchev–Trinajstić information content (AvgIpc) is 2.90. The maximum Gasteiger partial charge on any atom is 0.242 e. The zero-order valence-corrected chi connectivity index (χ0v) is 16.9. The summed E-state index contributed by atoms with van der Waals surface area (Å²) in [6, 6.07) is 3.35. The second kappa shape index (κ2) is 11.2. The molecule has 2 aliphatic rings. The van der Waals surface area contributed by atoms with E-state index in [9.17, 15) is 8.42 Å². The van der Waals surface area contributed by atoms with Crippen LogP contribution in [0, 0.1) is 5.92 Å². The highest BCUT2D eigenvalue weighted by Gasteiger charge is 2.20. The number of morpholine rings is 1. The Morgan fingerprint density at radius 2 is 1.96 bits per heavy atom. The minimum absolute atomic E-state index is 0. The zero-order chi connectivity index (χ0) is 16.8. The Morgan fingerprint density at radius 3 is 2.65 bits per heavy atom. The van der Waals surface area contributed by atoms with Gasteiger partial charge in [-0.2, -0.15) is 0 Å². The fourth-order valence-electron chi connectivity index (χ4n) is 2.71. The summed E-state index contributed by atoms with van der Waals surface area (Å²) in [5.41, 5.74) is 0. The van der Waals surface area contributed by atoms with Crippen molar-refractivity contribution in [2.45, 2.75) is 4.90 Å². The van der Waals surface area contributed by atoms with Crippen molar-refractivity contribution in [1.29, 1.82) is 0 Å². The average molecular weight is 429 g/mol. The first-order chi connectivity index (χ1) is 11.6. The number of pyridine rings is 1. The van der Waals surface area contributed by atoms with Crippen LogP contribution in [0.4, 0.5) is 5.82 Å². The lowest BCUT2D eigenvalue weighted by molar-refractivity contribution is 0.122. The Hall–Kier alpha value is -0.680. The molecule has 1 atom stereocenters. The molecule has 0 saturated carbocycles. The number of nitrogens with one attached hydrogen (secondary N) is 2. The van der Waals surface area contributed by atoms with Gasteiger partial charge in [0.05, 0.1) is 26.4 Å². The summed E-state index contributed by atoms with van der Waals surface area (Å²) in [5, 5.41) is 3.23. The number of hydrogen-bond acceptors (Lipinski definition) is 7. The Labute approximate surface area is 166 Å². The highest BCUT2D eigenvalue weighted by atomic mass is 35.5. The third kappa shape index (κ3) is 6.49. The molecule has 2 aliphatic heterocycles. The van der Waals surface area contributed by atoms with Crippen LogP contribution in [0.2, 0.25) is 0 Å². The monoisotopic (exact) mass is 428 g/mol. The van der Waals surface area contributed by atoms with Gasteiger partial charge >= 0.3 is 0 Å². The molecule has 2 N–H and O–H groups in total. The molecule has 0 aliphatic carbocycles. The van der Waals surface area contributed by atoms with Crippen LogP contribution in [0.1, 0.15) is 0 Å².